The first kappa shape index (κ1) is 15.0. The molecule has 2 aromatic carbocycles. The molecule has 0 bridgehead atoms. The van der Waals surface area contributed by atoms with Gasteiger partial charge in [0.1, 0.15) is 12.1 Å². The van der Waals surface area contributed by atoms with Crippen molar-refractivity contribution in [1.29, 1.82) is 0 Å². The topological polar surface area (TPSA) is 52.0 Å². The van der Waals surface area contributed by atoms with Crippen LogP contribution in [0.15, 0.2) is 54.9 Å². The first-order valence-electron chi connectivity index (χ1n) is 7.80. The van der Waals surface area contributed by atoms with E-state index in [0.717, 1.165) is 34.3 Å². The van der Waals surface area contributed by atoms with Crippen molar-refractivity contribution in [2.45, 2.75) is 18.5 Å². The van der Waals surface area contributed by atoms with E-state index in [2.05, 4.69) is 27.5 Å². The fourth-order valence-electron chi connectivity index (χ4n) is 3.21. The van der Waals surface area contributed by atoms with Gasteiger partial charge in [-0.05, 0) is 35.7 Å². The van der Waals surface area contributed by atoms with Gasteiger partial charge in [0.2, 0.25) is 5.95 Å². The molecule has 0 aliphatic carbocycles. The molecule has 3 aromatic rings. The molecule has 5 nitrogen and oxygen atoms in total. The Kier molecular flexibility index (Phi) is 3.86. The van der Waals surface area contributed by atoms with Crippen LogP contribution in [-0.2, 0) is 0 Å². The van der Waals surface area contributed by atoms with Gasteiger partial charge in [-0.2, -0.15) is 10.1 Å². The molecular formula is C18H17ClN4O. The largest absolute Gasteiger partial charge is 0.497 e. The number of anilines is 1. The fraction of sp³-hybridized carbons (Fsp3) is 0.222. The molecule has 0 amide bonds. The summed E-state index contributed by atoms with van der Waals surface area (Å²) in [5.41, 5.74) is 2.21. The molecule has 0 radical (unpaired) electrons. The van der Waals surface area contributed by atoms with Gasteiger partial charge < -0.3 is 10.1 Å². The number of ether oxygens (including phenoxy) is 1. The van der Waals surface area contributed by atoms with Crippen molar-refractivity contribution >= 4 is 17.5 Å². The minimum Gasteiger partial charge on any atom is -0.497 e. The number of hydrogen-bond donors (Lipinski definition) is 1. The number of halogens is 1. The SMILES string of the molecule is COc1cccc([C@@H]2C[C@@H](c3ccccc3Cl)Nc3ncnn32)c1. The summed E-state index contributed by atoms with van der Waals surface area (Å²) in [6, 6.07) is 16.1. The molecule has 0 saturated carbocycles. The van der Waals surface area contributed by atoms with Gasteiger partial charge in [0.25, 0.3) is 0 Å². The van der Waals surface area contributed by atoms with Gasteiger partial charge in [-0.1, -0.05) is 41.9 Å². The minimum atomic E-state index is 0.0696. The van der Waals surface area contributed by atoms with E-state index in [1.807, 2.05) is 41.1 Å². The van der Waals surface area contributed by atoms with Crippen LogP contribution in [0.4, 0.5) is 5.95 Å². The third-order valence-electron chi connectivity index (χ3n) is 4.39. The lowest BCUT2D eigenvalue weighted by Gasteiger charge is -2.32. The number of hydrogen-bond acceptors (Lipinski definition) is 4. The van der Waals surface area contributed by atoms with Crippen LogP contribution in [0.5, 0.6) is 5.75 Å². The van der Waals surface area contributed by atoms with Gasteiger partial charge in [-0.3, -0.25) is 0 Å². The van der Waals surface area contributed by atoms with Crippen LogP contribution < -0.4 is 10.1 Å². The van der Waals surface area contributed by atoms with Crippen molar-refractivity contribution in [3.63, 3.8) is 0 Å². The molecule has 0 unspecified atom stereocenters. The van der Waals surface area contributed by atoms with Crippen molar-refractivity contribution in [2.24, 2.45) is 0 Å². The third-order valence-corrected chi connectivity index (χ3v) is 4.73. The van der Waals surface area contributed by atoms with Gasteiger partial charge in [-0.25, -0.2) is 4.68 Å². The van der Waals surface area contributed by atoms with E-state index in [0.29, 0.717) is 0 Å². The second-order valence-corrected chi connectivity index (χ2v) is 6.18. The lowest BCUT2D eigenvalue weighted by Crippen LogP contribution is -2.28. The summed E-state index contributed by atoms with van der Waals surface area (Å²) in [6.45, 7) is 0. The van der Waals surface area contributed by atoms with Crippen LogP contribution in [-0.4, -0.2) is 21.9 Å². The maximum absolute atomic E-state index is 6.40. The highest BCUT2D eigenvalue weighted by Gasteiger charge is 2.30. The van der Waals surface area contributed by atoms with E-state index in [9.17, 15) is 0 Å². The Bertz CT molecular complexity index is 863. The standard InChI is InChI=1S/C18H17ClN4O/c1-24-13-6-4-5-12(9-13)17-10-16(14-7-2-3-8-15(14)19)22-18-20-11-21-23(17)18/h2-9,11,16-17H,10H2,1H3,(H,20,21,22)/t16-,17-/m0/s1. The van der Waals surface area contributed by atoms with E-state index in [-0.39, 0.29) is 12.1 Å². The van der Waals surface area contributed by atoms with E-state index in [1.54, 1.807) is 13.4 Å². The predicted octanol–water partition coefficient (Wildman–Crippen LogP) is 4.09. The van der Waals surface area contributed by atoms with Crippen LogP contribution in [0.3, 0.4) is 0 Å². The zero-order valence-corrected chi connectivity index (χ0v) is 13.9. The molecule has 122 valence electrons. The molecule has 24 heavy (non-hydrogen) atoms. The van der Waals surface area contributed by atoms with Crippen LogP contribution in [0.1, 0.15) is 29.6 Å². The van der Waals surface area contributed by atoms with Crippen LogP contribution in [0.2, 0.25) is 5.02 Å². The van der Waals surface area contributed by atoms with Gasteiger partial charge in [0, 0.05) is 5.02 Å². The smallest absolute Gasteiger partial charge is 0.222 e. The second-order valence-electron chi connectivity index (χ2n) is 5.77. The van der Waals surface area contributed by atoms with Gasteiger partial charge >= 0.3 is 0 Å². The molecule has 0 saturated heterocycles. The minimum absolute atomic E-state index is 0.0696. The molecule has 1 aromatic heterocycles. The Morgan fingerprint density at radius 3 is 2.92 bits per heavy atom. The van der Waals surface area contributed by atoms with Crippen molar-refractivity contribution in [3.8, 4) is 5.75 Å². The normalized spacial score (nSPS) is 19.4. The molecule has 2 atom stereocenters. The summed E-state index contributed by atoms with van der Waals surface area (Å²) in [6.07, 6.45) is 2.40. The summed E-state index contributed by atoms with van der Waals surface area (Å²) < 4.78 is 7.28. The second kappa shape index (κ2) is 6.17. The van der Waals surface area contributed by atoms with Crippen molar-refractivity contribution < 1.29 is 4.74 Å². The lowest BCUT2D eigenvalue weighted by molar-refractivity contribution is 0.406. The zero-order chi connectivity index (χ0) is 16.5. The fourth-order valence-corrected chi connectivity index (χ4v) is 3.48. The molecule has 4 rings (SSSR count). The molecular weight excluding hydrogens is 324 g/mol. The summed E-state index contributed by atoms with van der Waals surface area (Å²) in [5.74, 6) is 1.58. The third kappa shape index (κ3) is 2.61. The van der Waals surface area contributed by atoms with Crippen LogP contribution >= 0.6 is 11.6 Å². The Balaban J connectivity index is 1.75. The number of nitrogens with one attached hydrogen (secondary N) is 1. The predicted molar refractivity (Wildman–Crippen MR) is 93.6 cm³/mol. The first-order chi connectivity index (χ1) is 11.8. The Hall–Kier alpha value is -2.53. The summed E-state index contributed by atoms with van der Waals surface area (Å²) >= 11 is 6.40. The van der Waals surface area contributed by atoms with Crippen LogP contribution in [0, 0.1) is 0 Å². The number of rotatable bonds is 3. The van der Waals surface area contributed by atoms with Crippen molar-refractivity contribution in [1.82, 2.24) is 14.8 Å². The first-order valence-corrected chi connectivity index (χ1v) is 8.18. The highest BCUT2D eigenvalue weighted by molar-refractivity contribution is 6.31. The number of methoxy groups -OCH3 is 1. The summed E-state index contributed by atoms with van der Waals surface area (Å²) in [7, 11) is 1.68. The molecule has 1 aliphatic heterocycles. The number of nitrogens with zero attached hydrogens (tertiary/aromatic N) is 3. The number of benzene rings is 2. The Morgan fingerprint density at radius 1 is 1.21 bits per heavy atom. The van der Waals surface area contributed by atoms with E-state index in [4.69, 9.17) is 16.3 Å². The Morgan fingerprint density at radius 2 is 2.08 bits per heavy atom. The van der Waals surface area contributed by atoms with Crippen LogP contribution in [0.25, 0.3) is 0 Å². The lowest BCUT2D eigenvalue weighted by atomic mass is 9.93. The zero-order valence-electron chi connectivity index (χ0n) is 13.2. The molecule has 0 fully saturated rings. The highest BCUT2D eigenvalue weighted by atomic mass is 35.5. The molecule has 2 heterocycles. The maximum atomic E-state index is 6.40. The van der Waals surface area contributed by atoms with E-state index < -0.39 is 0 Å². The van der Waals surface area contributed by atoms with Gasteiger partial charge in [0.05, 0.1) is 19.2 Å². The number of fused-ring (bicyclic) bond motifs is 1. The quantitative estimate of drug-likeness (QED) is 0.780. The van der Waals surface area contributed by atoms with Crippen molar-refractivity contribution in [3.05, 3.63) is 71.0 Å². The van der Waals surface area contributed by atoms with Crippen molar-refractivity contribution in [2.75, 3.05) is 12.4 Å². The van der Waals surface area contributed by atoms with E-state index >= 15 is 0 Å². The highest BCUT2D eigenvalue weighted by Crippen LogP contribution is 2.39. The van der Waals surface area contributed by atoms with Gasteiger partial charge in [-0.15, -0.1) is 0 Å². The molecule has 1 N–H and O–H groups in total. The average Bonchev–Trinajstić information content (AvgIpc) is 3.10. The molecule has 1 aliphatic rings. The molecule has 6 heteroatoms. The summed E-state index contributed by atoms with van der Waals surface area (Å²) in [4.78, 5) is 4.35. The Labute approximate surface area is 145 Å². The monoisotopic (exact) mass is 340 g/mol. The van der Waals surface area contributed by atoms with E-state index in [1.165, 1.54) is 0 Å². The molecule has 0 spiro atoms. The maximum Gasteiger partial charge on any atom is 0.222 e. The number of aromatic nitrogens is 3. The average molecular weight is 341 g/mol. The van der Waals surface area contributed by atoms with Gasteiger partial charge in [0.15, 0.2) is 0 Å². The summed E-state index contributed by atoms with van der Waals surface area (Å²) in [5, 5.41) is 8.58.